The van der Waals surface area contributed by atoms with Crippen molar-refractivity contribution in [3.05, 3.63) is 137 Å². The van der Waals surface area contributed by atoms with Gasteiger partial charge in [0, 0.05) is 22.9 Å². The molecule has 0 saturated carbocycles. The number of rotatable bonds is 8. The average molecular weight is 480 g/mol. The Balaban J connectivity index is 1.45. The normalized spacial score (nSPS) is 11.3. The predicted molar refractivity (Wildman–Crippen MR) is 135 cm³/mol. The summed E-state index contributed by atoms with van der Waals surface area (Å²) in [5.41, 5.74) is 1.92. The quantitative estimate of drug-likeness (QED) is 0.249. The number of nitrogens with one attached hydrogen (secondary N) is 2. The minimum Gasteiger partial charge on any atom is -0.465 e. The number of halogens is 1. The van der Waals surface area contributed by atoms with Crippen molar-refractivity contribution >= 4 is 35.4 Å². The van der Waals surface area contributed by atoms with Crippen molar-refractivity contribution < 1.29 is 23.2 Å². The van der Waals surface area contributed by atoms with Gasteiger partial charge in [0.1, 0.15) is 17.3 Å². The summed E-state index contributed by atoms with van der Waals surface area (Å²) in [5, 5.41) is 5.33. The molecule has 0 aliphatic rings. The lowest BCUT2D eigenvalue weighted by Crippen LogP contribution is -2.30. The molecule has 6 nitrogen and oxygen atoms in total. The molecule has 4 rings (SSSR count). The number of hydrogen-bond acceptors (Lipinski definition) is 4. The predicted octanol–water partition coefficient (Wildman–Crippen LogP) is 5.72. The number of furan rings is 1. The molecule has 1 heterocycles. The number of anilines is 1. The van der Waals surface area contributed by atoms with Crippen LogP contribution in [0, 0.1) is 5.82 Å². The van der Waals surface area contributed by atoms with Gasteiger partial charge in [0.2, 0.25) is 0 Å². The number of amides is 2. The van der Waals surface area contributed by atoms with Gasteiger partial charge in [-0.1, -0.05) is 36.4 Å². The van der Waals surface area contributed by atoms with Crippen LogP contribution in [0.15, 0.2) is 113 Å². The first kappa shape index (κ1) is 24.1. The second kappa shape index (κ2) is 11.4. The molecule has 0 saturated heterocycles. The average Bonchev–Trinajstić information content (AvgIpc) is 3.42. The van der Waals surface area contributed by atoms with Crippen LogP contribution >= 0.6 is 0 Å². The van der Waals surface area contributed by atoms with Gasteiger partial charge in [-0.15, -0.1) is 0 Å². The van der Waals surface area contributed by atoms with Crippen LogP contribution < -0.4 is 10.6 Å². The summed E-state index contributed by atoms with van der Waals surface area (Å²) in [5.74, 6) is -1.21. The molecule has 0 bridgehead atoms. The fourth-order valence-corrected chi connectivity index (χ4v) is 3.22. The fraction of sp³-hybridized carbons (Fsp3) is 0. The SMILES string of the molecule is O=C(Nc1ccc(C(=O)/C=C/c2ccc(F)cc2)cc1)/C(=C/c1ccco1)NC(=O)c1ccccc1. The Morgan fingerprint density at radius 3 is 2.17 bits per heavy atom. The van der Waals surface area contributed by atoms with Crippen molar-refractivity contribution in [2.45, 2.75) is 0 Å². The molecule has 7 heteroatoms. The molecule has 3 aromatic carbocycles. The molecule has 2 N–H and O–H groups in total. The van der Waals surface area contributed by atoms with E-state index in [-0.39, 0.29) is 17.3 Å². The van der Waals surface area contributed by atoms with E-state index in [4.69, 9.17) is 4.42 Å². The molecule has 0 atom stereocenters. The van der Waals surface area contributed by atoms with Crippen molar-refractivity contribution in [2.75, 3.05) is 5.32 Å². The van der Waals surface area contributed by atoms with Gasteiger partial charge < -0.3 is 15.1 Å². The molecular formula is C29H21FN2O4. The second-order valence-corrected chi connectivity index (χ2v) is 7.67. The van der Waals surface area contributed by atoms with Gasteiger partial charge in [-0.25, -0.2) is 4.39 Å². The summed E-state index contributed by atoms with van der Waals surface area (Å²) in [7, 11) is 0. The number of benzene rings is 3. The van der Waals surface area contributed by atoms with Crippen LogP contribution in [0.5, 0.6) is 0 Å². The van der Waals surface area contributed by atoms with Gasteiger partial charge in [-0.05, 0) is 72.3 Å². The van der Waals surface area contributed by atoms with Gasteiger partial charge >= 0.3 is 0 Å². The van der Waals surface area contributed by atoms with Crippen LogP contribution in [0.1, 0.15) is 32.0 Å². The number of carbonyl (C=O) groups excluding carboxylic acids is 3. The number of carbonyl (C=O) groups is 3. The first-order chi connectivity index (χ1) is 17.5. The van der Waals surface area contributed by atoms with Crippen molar-refractivity contribution in [2.24, 2.45) is 0 Å². The largest absolute Gasteiger partial charge is 0.465 e. The summed E-state index contributed by atoms with van der Waals surface area (Å²) in [4.78, 5) is 38.0. The number of ketones is 1. The van der Waals surface area contributed by atoms with E-state index in [2.05, 4.69) is 10.6 Å². The highest BCUT2D eigenvalue weighted by Crippen LogP contribution is 2.14. The van der Waals surface area contributed by atoms with E-state index in [0.29, 0.717) is 28.1 Å². The fourth-order valence-electron chi connectivity index (χ4n) is 3.22. The molecule has 0 aliphatic heterocycles. The van der Waals surface area contributed by atoms with Crippen molar-refractivity contribution in [3.63, 3.8) is 0 Å². The zero-order chi connectivity index (χ0) is 25.3. The Morgan fingerprint density at radius 2 is 1.50 bits per heavy atom. The Morgan fingerprint density at radius 1 is 0.778 bits per heavy atom. The Hall–Kier alpha value is -5.04. The van der Waals surface area contributed by atoms with E-state index in [1.165, 1.54) is 30.5 Å². The van der Waals surface area contributed by atoms with Crippen molar-refractivity contribution in [3.8, 4) is 0 Å². The molecule has 0 fully saturated rings. The number of hydrogen-bond donors (Lipinski definition) is 2. The molecule has 178 valence electrons. The minimum atomic E-state index is -0.564. The van der Waals surface area contributed by atoms with E-state index in [1.807, 2.05) is 0 Å². The lowest BCUT2D eigenvalue weighted by atomic mass is 10.1. The smallest absolute Gasteiger partial charge is 0.272 e. The third-order valence-corrected chi connectivity index (χ3v) is 5.08. The van der Waals surface area contributed by atoms with E-state index in [9.17, 15) is 18.8 Å². The molecule has 2 amide bonds. The zero-order valence-corrected chi connectivity index (χ0v) is 19.0. The van der Waals surface area contributed by atoms with Crippen LogP contribution in [0.4, 0.5) is 10.1 Å². The third-order valence-electron chi connectivity index (χ3n) is 5.08. The molecule has 1 aromatic heterocycles. The van der Waals surface area contributed by atoms with Crippen LogP contribution in [-0.2, 0) is 4.79 Å². The molecular weight excluding hydrogens is 459 g/mol. The lowest BCUT2D eigenvalue weighted by Gasteiger charge is -2.11. The van der Waals surface area contributed by atoms with Crippen molar-refractivity contribution in [1.29, 1.82) is 0 Å². The van der Waals surface area contributed by atoms with Gasteiger partial charge in [-0.2, -0.15) is 0 Å². The van der Waals surface area contributed by atoms with Gasteiger partial charge in [-0.3, -0.25) is 14.4 Å². The van der Waals surface area contributed by atoms with Crippen LogP contribution in [0.25, 0.3) is 12.2 Å². The van der Waals surface area contributed by atoms with Crippen LogP contribution in [0.2, 0.25) is 0 Å². The molecule has 0 aliphatic carbocycles. The van der Waals surface area contributed by atoms with E-state index < -0.39 is 11.8 Å². The molecule has 0 unspecified atom stereocenters. The Labute approximate surface area is 206 Å². The van der Waals surface area contributed by atoms with E-state index >= 15 is 0 Å². The molecule has 36 heavy (non-hydrogen) atoms. The van der Waals surface area contributed by atoms with Crippen LogP contribution in [0.3, 0.4) is 0 Å². The molecule has 0 spiro atoms. The summed E-state index contributed by atoms with van der Waals surface area (Å²) < 4.78 is 18.3. The third kappa shape index (κ3) is 6.51. The first-order valence-corrected chi connectivity index (χ1v) is 11.0. The maximum Gasteiger partial charge on any atom is 0.272 e. The highest BCUT2D eigenvalue weighted by atomic mass is 19.1. The van der Waals surface area contributed by atoms with Gasteiger partial charge in [0.15, 0.2) is 5.78 Å². The standard InChI is InChI=1S/C29H21FN2O4/c30-23-13-8-20(9-14-23)10-17-27(33)21-11-15-24(16-12-21)31-29(35)26(19-25-7-4-18-36-25)32-28(34)22-5-2-1-3-6-22/h1-19H,(H,31,35)(H,32,34)/b17-10+,26-19-. The van der Waals surface area contributed by atoms with E-state index in [1.54, 1.807) is 84.9 Å². The van der Waals surface area contributed by atoms with Crippen LogP contribution in [-0.4, -0.2) is 17.6 Å². The molecule has 0 radical (unpaired) electrons. The minimum absolute atomic E-state index is 0.0128. The second-order valence-electron chi connectivity index (χ2n) is 7.67. The lowest BCUT2D eigenvalue weighted by molar-refractivity contribution is -0.113. The highest BCUT2D eigenvalue weighted by Gasteiger charge is 2.16. The Kier molecular flexibility index (Phi) is 7.63. The summed E-state index contributed by atoms with van der Waals surface area (Å²) in [6, 6.07) is 23.9. The molecule has 4 aromatic rings. The van der Waals surface area contributed by atoms with Gasteiger partial charge in [0.05, 0.1) is 6.26 Å². The number of allylic oxidation sites excluding steroid dienone is 1. The zero-order valence-electron chi connectivity index (χ0n) is 19.0. The van der Waals surface area contributed by atoms with Crippen molar-refractivity contribution in [1.82, 2.24) is 5.32 Å². The van der Waals surface area contributed by atoms with Gasteiger partial charge in [0.25, 0.3) is 11.8 Å². The summed E-state index contributed by atoms with van der Waals surface area (Å²) >= 11 is 0. The topological polar surface area (TPSA) is 88.4 Å². The maximum atomic E-state index is 13.0. The summed E-state index contributed by atoms with van der Waals surface area (Å²) in [6.07, 6.45) is 5.87. The first-order valence-electron chi connectivity index (χ1n) is 11.0. The summed E-state index contributed by atoms with van der Waals surface area (Å²) in [6.45, 7) is 0. The van der Waals surface area contributed by atoms with E-state index in [0.717, 1.165) is 0 Å². The highest BCUT2D eigenvalue weighted by molar-refractivity contribution is 6.11. The Bertz CT molecular complexity index is 1410. The monoisotopic (exact) mass is 480 g/mol. The maximum absolute atomic E-state index is 13.0.